The molecule has 0 radical (unpaired) electrons. The fourth-order valence-corrected chi connectivity index (χ4v) is 9.23. The highest BCUT2D eigenvalue weighted by Gasteiger charge is 2.46. The van der Waals surface area contributed by atoms with Crippen LogP contribution in [-0.2, 0) is 46.5 Å². The molecule has 0 aromatic heterocycles. The Kier molecular flexibility index (Phi) is 20.2. The molecule has 4 rings (SSSR count). The summed E-state index contributed by atoms with van der Waals surface area (Å²) < 4.78 is 11.2. The molecule has 0 bridgehead atoms. The summed E-state index contributed by atoms with van der Waals surface area (Å²) in [7, 11) is 0. The Bertz CT molecular complexity index is 2000. The topological polar surface area (TPSA) is 222 Å². The molecule has 2 aliphatic rings. The summed E-state index contributed by atoms with van der Waals surface area (Å²) in [6, 6.07) is 14.2. The molecule has 2 heterocycles. The SMILES string of the molecule is CC(C)C[C@@H](/C=C/[C@H](Cc1ccccc1)C(=O)N1CCC[C@H]1C(=O)N[C@H](C(=O)N[C@@H](CCCN)C(=O)NC1CC(C)(C)N(O)C(C)(C)C1)C(C)C(=O)OCc1ccccc1)NC(=O)OC(C)(C)C. The van der Waals surface area contributed by atoms with Gasteiger partial charge in [-0.1, -0.05) is 86.7 Å². The van der Waals surface area contributed by atoms with Crippen molar-refractivity contribution in [3.63, 3.8) is 0 Å². The molecule has 68 heavy (non-hydrogen) atoms. The number of rotatable bonds is 21. The smallest absolute Gasteiger partial charge is 0.408 e. The molecule has 2 saturated heterocycles. The number of carbonyl (C=O) groups excluding carboxylic acids is 6. The Morgan fingerprint density at radius 1 is 0.853 bits per heavy atom. The van der Waals surface area contributed by atoms with Crippen LogP contribution in [0.1, 0.15) is 125 Å². The first-order chi connectivity index (χ1) is 31.9. The Balaban J connectivity index is 1.62. The second kappa shape index (κ2) is 24.8. The van der Waals surface area contributed by atoms with Gasteiger partial charge in [0.1, 0.15) is 30.3 Å². The van der Waals surface area contributed by atoms with E-state index in [0.29, 0.717) is 44.9 Å². The molecule has 6 atom stereocenters. The molecule has 376 valence electrons. The maximum absolute atomic E-state index is 14.7. The number of piperidine rings is 1. The Labute approximate surface area is 403 Å². The van der Waals surface area contributed by atoms with Gasteiger partial charge in [0.15, 0.2) is 0 Å². The third-order valence-corrected chi connectivity index (χ3v) is 12.4. The lowest BCUT2D eigenvalue weighted by molar-refractivity contribution is -0.246. The molecule has 16 heteroatoms. The first kappa shape index (κ1) is 55.3. The molecule has 2 aromatic carbocycles. The van der Waals surface area contributed by atoms with E-state index in [2.05, 4.69) is 21.3 Å². The van der Waals surface area contributed by atoms with Crippen molar-refractivity contribution in [1.29, 1.82) is 0 Å². The lowest BCUT2D eigenvalue weighted by atomic mass is 9.79. The van der Waals surface area contributed by atoms with Crippen LogP contribution in [0, 0.1) is 17.8 Å². The van der Waals surface area contributed by atoms with Crippen LogP contribution in [0.2, 0.25) is 0 Å². The number of hydrogen-bond acceptors (Lipinski definition) is 11. The summed E-state index contributed by atoms with van der Waals surface area (Å²) in [6.45, 7) is 18.9. The van der Waals surface area contributed by atoms with Crippen molar-refractivity contribution in [2.24, 2.45) is 23.5 Å². The van der Waals surface area contributed by atoms with Crippen LogP contribution < -0.4 is 27.0 Å². The average molecular weight is 946 g/mol. The van der Waals surface area contributed by atoms with Gasteiger partial charge in [-0.25, -0.2) is 4.79 Å². The first-order valence-electron chi connectivity index (χ1n) is 24.2. The van der Waals surface area contributed by atoms with E-state index in [4.69, 9.17) is 15.2 Å². The third-order valence-electron chi connectivity index (χ3n) is 12.4. The minimum atomic E-state index is -1.50. The molecule has 7 N–H and O–H groups in total. The molecule has 0 aliphatic carbocycles. The Hall–Kier alpha value is -5.32. The van der Waals surface area contributed by atoms with E-state index < -0.39 is 82.5 Å². The number of carbonyl (C=O) groups is 6. The molecule has 0 spiro atoms. The molecule has 2 aliphatic heterocycles. The predicted molar refractivity (Wildman–Crippen MR) is 261 cm³/mol. The van der Waals surface area contributed by atoms with E-state index in [0.717, 1.165) is 11.1 Å². The zero-order valence-corrected chi connectivity index (χ0v) is 42.0. The summed E-state index contributed by atoms with van der Waals surface area (Å²) in [5.74, 6) is -4.67. The highest BCUT2D eigenvalue weighted by Crippen LogP contribution is 2.37. The zero-order valence-electron chi connectivity index (χ0n) is 42.0. The largest absolute Gasteiger partial charge is 0.461 e. The van der Waals surface area contributed by atoms with Crippen LogP contribution >= 0.6 is 0 Å². The van der Waals surface area contributed by atoms with E-state index in [9.17, 15) is 34.0 Å². The van der Waals surface area contributed by atoms with Gasteiger partial charge in [0.05, 0.1) is 17.9 Å². The van der Waals surface area contributed by atoms with Crippen molar-refractivity contribution in [2.75, 3.05) is 13.1 Å². The maximum atomic E-state index is 14.7. The lowest BCUT2D eigenvalue weighted by Crippen LogP contribution is -2.64. The number of amides is 5. The maximum Gasteiger partial charge on any atom is 0.408 e. The zero-order chi connectivity index (χ0) is 50.4. The lowest BCUT2D eigenvalue weighted by Gasteiger charge is -2.51. The number of benzene rings is 2. The van der Waals surface area contributed by atoms with E-state index in [1.165, 1.54) is 16.9 Å². The number of nitrogens with one attached hydrogen (secondary N) is 4. The first-order valence-corrected chi connectivity index (χ1v) is 24.2. The number of nitrogens with two attached hydrogens (primary N) is 1. The van der Waals surface area contributed by atoms with Crippen molar-refractivity contribution in [3.05, 3.63) is 83.9 Å². The molecule has 0 saturated carbocycles. The number of esters is 1. The van der Waals surface area contributed by atoms with Gasteiger partial charge in [0.2, 0.25) is 23.6 Å². The molecule has 5 amide bonds. The number of ether oxygens (including phenoxy) is 2. The molecule has 16 nitrogen and oxygen atoms in total. The van der Waals surface area contributed by atoms with Gasteiger partial charge in [0.25, 0.3) is 0 Å². The fraction of sp³-hybridized carbons (Fsp3) is 0.615. The second-order valence-electron chi connectivity index (χ2n) is 21.2. The van der Waals surface area contributed by atoms with Gasteiger partial charge in [-0.15, -0.1) is 0 Å². The van der Waals surface area contributed by atoms with Crippen molar-refractivity contribution >= 4 is 35.7 Å². The number of hydroxylamine groups is 2. The van der Waals surface area contributed by atoms with Gasteiger partial charge in [-0.2, -0.15) is 5.06 Å². The van der Waals surface area contributed by atoms with Crippen molar-refractivity contribution in [1.82, 2.24) is 31.2 Å². The number of alkyl carbamates (subject to hydrolysis) is 1. The van der Waals surface area contributed by atoms with Gasteiger partial charge < -0.3 is 46.6 Å². The highest BCUT2D eigenvalue weighted by molar-refractivity contribution is 5.97. The minimum absolute atomic E-state index is 0.0697. The Morgan fingerprint density at radius 3 is 2.03 bits per heavy atom. The molecule has 2 fully saturated rings. The molecular formula is C52H79N7O9. The summed E-state index contributed by atoms with van der Waals surface area (Å²) in [6.07, 6.45) is 6.21. The number of likely N-dealkylation sites (tertiary alicyclic amines) is 1. The third kappa shape index (κ3) is 16.7. The normalized spacial score (nSPS) is 19.6. The predicted octanol–water partition coefficient (Wildman–Crippen LogP) is 5.95. The van der Waals surface area contributed by atoms with Crippen molar-refractivity contribution in [2.45, 2.75) is 174 Å². The summed E-state index contributed by atoms with van der Waals surface area (Å²) in [5, 5.41) is 23.8. The van der Waals surface area contributed by atoms with E-state index >= 15 is 0 Å². The Morgan fingerprint density at radius 2 is 1.46 bits per heavy atom. The van der Waals surface area contributed by atoms with Crippen LogP contribution in [0.3, 0.4) is 0 Å². The summed E-state index contributed by atoms with van der Waals surface area (Å²) >= 11 is 0. The fourth-order valence-electron chi connectivity index (χ4n) is 9.23. The molecule has 1 unspecified atom stereocenters. The second-order valence-corrected chi connectivity index (χ2v) is 21.2. The molecule has 2 aromatic rings. The standard InChI is InChI=1S/C52H79N7O9/c1-34(2)29-39(55-49(65)68-50(4,5)6)26-25-38(30-36-19-13-11-14-20-36)47(63)58-28-18-24-42(58)45(61)57-43(35(3)48(64)67-33-37-21-15-12-16-22-37)46(62)56-41(23-17-27-53)44(60)54-40-31-51(7,8)59(66)52(9,10)32-40/h11-16,19-22,25-26,34-35,38-43,66H,17-18,23-24,27-33,53H2,1-10H3,(H,54,60)(H,55,65)(H,56,62)(H,57,61)/b26-25+/t35?,38-,39-,41+,42+,43+/m1/s1. The minimum Gasteiger partial charge on any atom is -0.461 e. The van der Waals surface area contributed by atoms with Crippen LogP contribution in [0.5, 0.6) is 0 Å². The van der Waals surface area contributed by atoms with Gasteiger partial charge >= 0.3 is 12.1 Å². The van der Waals surface area contributed by atoms with Gasteiger partial charge in [0, 0.05) is 23.7 Å². The van der Waals surface area contributed by atoms with Gasteiger partial charge in [-0.05, 0) is 130 Å². The van der Waals surface area contributed by atoms with Gasteiger partial charge in [-0.3, -0.25) is 24.0 Å². The summed E-state index contributed by atoms with van der Waals surface area (Å²) in [5.41, 5.74) is 5.50. The van der Waals surface area contributed by atoms with Crippen LogP contribution in [0.25, 0.3) is 0 Å². The van der Waals surface area contributed by atoms with E-state index in [-0.39, 0.29) is 44.0 Å². The van der Waals surface area contributed by atoms with E-state index in [1.807, 2.05) is 96.1 Å². The van der Waals surface area contributed by atoms with E-state index in [1.54, 1.807) is 39.0 Å². The van der Waals surface area contributed by atoms with Crippen LogP contribution in [0.15, 0.2) is 72.8 Å². The molecular weight excluding hydrogens is 867 g/mol. The average Bonchev–Trinajstić information content (AvgIpc) is 3.76. The van der Waals surface area contributed by atoms with Crippen molar-refractivity contribution in [3.8, 4) is 0 Å². The summed E-state index contributed by atoms with van der Waals surface area (Å²) in [4.78, 5) is 86.0. The quantitative estimate of drug-likeness (QED) is 0.0635. The van der Waals surface area contributed by atoms with Crippen molar-refractivity contribution < 1.29 is 43.4 Å². The van der Waals surface area contributed by atoms with Crippen LogP contribution in [0.4, 0.5) is 4.79 Å². The monoisotopic (exact) mass is 946 g/mol. The highest BCUT2D eigenvalue weighted by atomic mass is 16.6. The number of nitrogens with zero attached hydrogens (tertiary/aromatic N) is 2. The van der Waals surface area contributed by atoms with Crippen LogP contribution in [-0.4, -0.2) is 111 Å². The number of hydrogen-bond donors (Lipinski definition) is 6.